The average molecular weight is 277 g/mol. The number of anilines is 1. The zero-order chi connectivity index (χ0) is 13.8. The van der Waals surface area contributed by atoms with Crippen molar-refractivity contribution in [2.24, 2.45) is 0 Å². The van der Waals surface area contributed by atoms with E-state index in [1.807, 2.05) is 6.92 Å². The first-order valence-corrected chi connectivity index (χ1v) is 6.65. The molecule has 0 bridgehead atoms. The molecule has 0 unspecified atom stereocenters. The number of aromatic nitrogens is 3. The molecule has 0 aliphatic carbocycles. The van der Waals surface area contributed by atoms with Crippen LogP contribution in [0.4, 0.5) is 5.82 Å². The smallest absolute Gasteiger partial charge is 0.274 e. The van der Waals surface area contributed by atoms with Gasteiger partial charge in [-0.2, -0.15) is 0 Å². The Labute approximate surface area is 115 Å². The third-order valence-electron chi connectivity index (χ3n) is 2.71. The van der Waals surface area contributed by atoms with Crippen LogP contribution in [0.15, 0.2) is 17.6 Å². The van der Waals surface area contributed by atoms with Gasteiger partial charge in [-0.15, -0.1) is 21.5 Å². The molecule has 0 atom stereocenters. The van der Waals surface area contributed by atoms with Gasteiger partial charge in [-0.25, -0.2) is 4.98 Å². The van der Waals surface area contributed by atoms with Gasteiger partial charge in [0.05, 0.1) is 17.7 Å². The number of rotatable bonds is 4. The Morgan fingerprint density at radius 3 is 2.74 bits per heavy atom. The van der Waals surface area contributed by atoms with Crippen molar-refractivity contribution in [3.05, 3.63) is 33.9 Å². The van der Waals surface area contributed by atoms with Crippen LogP contribution in [0.5, 0.6) is 0 Å². The quantitative estimate of drug-likeness (QED) is 0.918. The van der Waals surface area contributed by atoms with Crippen LogP contribution in [0.2, 0.25) is 0 Å². The van der Waals surface area contributed by atoms with Gasteiger partial charge in [-0.1, -0.05) is 0 Å². The summed E-state index contributed by atoms with van der Waals surface area (Å²) in [6.07, 6.45) is 0. The summed E-state index contributed by atoms with van der Waals surface area (Å²) in [6.45, 7) is 2.47. The lowest BCUT2D eigenvalue weighted by molar-refractivity contribution is 0.0779. The van der Waals surface area contributed by atoms with Crippen molar-refractivity contribution in [3.63, 3.8) is 0 Å². The highest BCUT2D eigenvalue weighted by Gasteiger charge is 2.15. The zero-order valence-electron chi connectivity index (χ0n) is 11.0. The Balaban J connectivity index is 2.08. The van der Waals surface area contributed by atoms with Gasteiger partial charge in [0.15, 0.2) is 5.69 Å². The molecule has 100 valence electrons. The van der Waals surface area contributed by atoms with E-state index in [0.717, 1.165) is 10.6 Å². The van der Waals surface area contributed by atoms with Crippen LogP contribution < -0.4 is 5.32 Å². The third kappa shape index (κ3) is 3.05. The Kier molecular flexibility index (Phi) is 4.06. The molecule has 0 spiro atoms. The molecule has 0 aliphatic rings. The van der Waals surface area contributed by atoms with Gasteiger partial charge in [0, 0.05) is 19.0 Å². The van der Waals surface area contributed by atoms with Gasteiger partial charge < -0.3 is 10.2 Å². The second-order valence-electron chi connectivity index (χ2n) is 4.08. The topological polar surface area (TPSA) is 71.0 Å². The van der Waals surface area contributed by atoms with Crippen LogP contribution in [-0.2, 0) is 6.54 Å². The minimum Gasteiger partial charge on any atom is -0.372 e. The molecule has 1 amide bonds. The van der Waals surface area contributed by atoms with Crippen LogP contribution >= 0.6 is 11.3 Å². The van der Waals surface area contributed by atoms with Crippen molar-refractivity contribution in [1.82, 2.24) is 20.1 Å². The van der Waals surface area contributed by atoms with Crippen LogP contribution in [0.1, 0.15) is 21.1 Å². The molecular formula is C12H15N5OS. The predicted octanol–water partition coefficient (Wildman–Crippen LogP) is 1.56. The van der Waals surface area contributed by atoms with Crippen molar-refractivity contribution in [2.45, 2.75) is 13.5 Å². The summed E-state index contributed by atoms with van der Waals surface area (Å²) in [6, 6.07) is 3.39. The maximum Gasteiger partial charge on any atom is 0.274 e. The molecule has 0 saturated carbocycles. The first-order valence-electron chi connectivity index (χ1n) is 5.77. The number of thiazole rings is 1. The standard InChI is InChI=1S/C12H15N5OS/c1-8-10(19-7-14-8)6-17(3)12(18)9-4-5-11(13-2)16-15-9/h4-5,7H,6H2,1-3H3,(H,13,16). The SMILES string of the molecule is CNc1ccc(C(=O)N(C)Cc2scnc2C)nn1. The monoisotopic (exact) mass is 277 g/mol. The highest BCUT2D eigenvalue weighted by molar-refractivity contribution is 7.09. The summed E-state index contributed by atoms with van der Waals surface area (Å²) in [5.74, 6) is 0.487. The molecule has 2 rings (SSSR count). The lowest BCUT2D eigenvalue weighted by Gasteiger charge is -2.15. The Hall–Kier alpha value is -2.02. The average Bonchev–Trinajstić information content (AvgIpc) is 2.83. The van der Waals surface area contributed by atoms with Crippen molar-refractivity contribution >= 4 is 23.1 Å². The number of nitrogens with zero attached hydrogens (tertiary/aromatic N) is 4. The van der Waals surface area contributed by atoms with E-state index >= 15 is 0 Å². The van der Waals surface area contributed by atoms with Gasteiger partial charge in [-0.3, -0.25) is 4.79 Å². The van der Waals surface area contributed by atoms with E-state index < -0.39 is 0 Å². The van der Waals surface area contributed by atoms with E-state index in [4.69, 9.17) is 0 Å². The largest absolute Gasteiger partial charge is 0.372 e. The van der Waals surface area contributed by atoms with E-state index in [1.165, 1.54) is 0 Å². The molecule has 0 radical (unpaired) electrons. The molecule has 0 aliphatic heterocycles. The molecule has 0 saturated heterocycles. The molecule has 1 N–H and O–H groups in total. The highest BCUT2D eigenvalue weighted by Crippen LogP contribution is 2.15. The molecule has 6 nitrogen and oxygen atoms in total. The number of carbonyl (C=O) groups is 1. The van der Waals surface area contributed by atoms with E-state index in [-0.39, 0.29) is 5.91 Å². The zero-order valence-corrected chi connectivity index (χ0v) is 11.9. The molecule has 2 heterocycles. The normalized spacial score (nSPS) is 10.3. The summed E-state index contributed by atoms with van der Waals surface area (Å²) in [5, 5.41) is 10.7. The van der Waals surface area contributed by atoms with E-state index in [1.54, 1.807) is 48.0 Å². The minimum atomic E-state index is -0.150. The van der Waals surface area contributed by atoms with Crippen LogP contribution in [0.3, 0.4) is 0 Å². The number of hydrogen-bond acceptors (Lipinski definition) is 6. The molecule has 0 fully saturated rings. The molecule has 19 heavy (non-hydrogen) atoms. The summed E-state index contributed by atoms with van der Waals surface area (Å²) >= 11 is 1.55. The van der Waals surface area contributed by atoms with Gasteiger partial charge in [0.1, 0.15) is 5.82 Å². The van der Waals surface area contributed by atoms with Crippen LogP contribution in [0, 0.1) is 6.92 Å². The van der Waals surface area contributed by atoms with E-state index in [0.29, 0.717) is 18.1 Å². The van der Waals surface area contributed by atoms with E-state index in [9.17, 15) is 4.79 Å². The number of nitrogens with one attached hydrogen (secondary N) is 1. The lowest BCUT2D eigenvalue weighted by Crippen LogP contribution is -2.27. The molecule has 7 heteroatoms. The number of carbonyl (C=O) groups excluding carboxylic acids is 1. The van der Waals surface area contributed by atoms with Crippen LogP contribution in [0.25, 0.3) is 0 Å². The van der Waals surface area contributed by atoms with Crippen molar-refractivity contribution in [2.75, 3.05) is 19.4 Å². The fourth-order valence-electron chi connectivity index (χ4n) is 1.54. The molecular weight excluding hydrogens is 262 g/mol. The number of hydrogen-bond donors (Lipinski definition) is 1. The van der Waals surface area contributed by atoms with Crippen molar-refractivity contribution in [1.29, 1.82) is 0 Å². The maximum absolute atomic E-state index is 12.2. The first kappa shape index (κ1) is 13.4. The second kappa shape index (κ2) is 5.75. The number of aryl methyl sites for hydroxylation is 1. The van der Waals surface area contributed by atoms with Crippen molar-refractivity contribution < 1.29 is 4.79 Å². The Morgan fingerprint density at radius 1 is 1.42 bits per heavy atom. The fraction of sp³-hybridized carbons (Fsp3) is 0.333. The fourth-order valence-corrected chi connectivity index (χ4v) is 2.37. The Morgan fingerprint density at radius 2 is 2.21 bits per heavy atom. The van der Waals surface area contributed by atoms with Gasteiger partial charge in [-0.05, 0) is 19.1 Å². The number of amides is 1. The lowest BCUT2D eigenvalue weighted by atomic mass is 10.3. The highest BCUT2D eigenvalue weighted by atomic mass is 32.1. The third-order valence-corrected chi connectivity index (χ3v) is 3.63. The second-order valence-corrected chi connectivity index (χ2v) is 5.02. The summed E-state index contributed by atoms with van der Waals surface area (Å²) in [7, 11) is 3.50. The summed E-state index contributed by atoms with van der Waals surface area (Å²) in [5.41, 5.74) is 3.08. The van der Waals surface area contributed by atoms with Crippen molar-refractivity contribution in [3.8, 4) is 0 Å². The van der Waals surface area contributed by atoms with E-state index in [2.05, 4.69) is 20.5 Å². The predicted molar refractivity (Wildman–Crippen MR) is 74.2 cm³/mol. The van der Waals surface area contributed by atoms with Gasteiger partial charge in [0.2, 0.25) is 0 Å². The maximum atomic E-state index is 12.2. The van der Waals surface area contributed by atoms with Gasteiger partial charge >= 0.3 is 0 Å². The summed E-state index contributed by atoms with van der Waals surface area (Å²) < 4.78 is 0. The summed E-state index contributed by atoms with van der Waals surface area (Å²) in [4.78, 5) is 19.0. The minimum absolute atomic E-state index is 0.150. The molecule has 2 aromatic rings. The van der Waals surface area contributed by atoms with Crippen LogP contribution in [-0.4, -0.2) is 40.1 Å². The molecule has 0 aromatic carbocycles. The Bertz CT molecular complexity index is 566. The first-order chi connectivity index (χ1) is 9.11. The molecule has 2 aromatic heterocycles. The van der Waals surface area contributed by atoms with Gasteiger partial charge in [0.25, 0.3) is 5.91 Å².